The fourth-order valence-electron chi connectivity index (χ4n) is 4.08. The third-order valence-corrected chi connectivity index (χ3v) is 6.04. The van der Waals surface area contributed by atoms with Crippen molar-refractivity contribution in [3.8, 4) is 17.1 Å². The number of hydrogen-bond acceptors (Lipinski definition) is 4. The molecule has 1 N–H and O–H groups in total. The van der Waals surface area contributed by atoms with E-state index in [-0.39, 0.29) is 12.1 Å². The summed E-state index contributed by atoms with van der Waals surface area (Å²) in [6, 6.07) is 27.9. The second-order valence-corrected chi connectivity index (χ2v) is 8.06. The average Bonchev–Trinajstić information content (AvgIpc) is 3.46. The topological polar surface area (TPSA) is 50.5 Å². The maximum atomic E-state index is 6.37. The van der Waals surface area contributed by atoms with Crippen molar-refractivity contribution in [2.75, 3.05) is 7.11 Å². The predicted octanol–water partition coefficient (Wildman–Crippen LogP) is 5.52. The molecule has 1 saturated heterocycles. The molecule has 160 valence electrons. The van der Waals surface area contributed by atoms with E-state index in [4.69, 9.17) is 21.4 Å². The van der Waals surface area contributed by atoms with Gasteiger partial charge in [0.25, 0.3) is 0 Å². The number of rotatable bonds is 6. The number of thiocarbonyl (C=S) groups is 1. The first kappa shape index (κ1) is 20.3. The van der Waals surface area contributed by atoms with Crippen molar-refractivity contribution in [1.29, 1.82) is 0 Å². The largest absolute Gasteiger partial charge is 0.497 e. The van der Waals surface area contributed by atoms with Crippen LogP contribution < -0.4 is 10.1 Å². The van der Waals surface area contributed by atoms with Gasteiger partial charge < -0.3 is 19.4 Å². The normalized spacial score (nSPS) is 17.9. The van der Waals surface area contributed by atoms with Crippen LogP contribution in [0.4, 0.5) is 0 Å². The number of pyridine rings is 1. The van der Waals surface area contributed by atoms with E-state index in [1.165, 1.54) is 0 Å². The zero-order valence-electron chi connectivity index (χ0n) is 17.6. The standard InChI is InChI=1S/C26H23N3O2S/c1-30-20-12-10-18(11-13-20)17-29-25(24(28-26(29)32)21-9-5-6-16-27-21)23-15-14-22(31-23)19-7-3-2-4-8-19/h2-16,24-25H,17H2,1H3,(H,28,32)/t24-,25+/m1/s1. The fourth-order valence-corrected chi connectivity index (χ4v) is 4.39. The van der Waals surface area contributed by atoms with Crippen LogP contribution in [0.15, 0.2) is 95.5 Å². The van der Waals surface area contributed by atoms with Gasteiger partial charge >= 0.3 is 0 Å². The van der Waals surface area contributed by atoms with Crippen LogP contribution in [0, 0.1) is 0 Å². The summed E-state index contributed by atoms with van der Waals surface area (Å²) in [7, 11) is 1.67. The number of ether oxygens (including phenoxy) is 1. The molecule has 1 aliphatic heterocycles. The van der Waals surface area contributed by atoms with Crippen molar-refractivity contribution in [3.63, 3.8) is 0 Å². The summed E-state index contributed by atoms with van der Waals surface area (Å²) in [5.41, 5.74) is 3.11. The molecule has 0 aliphatic carbocycles. The van der Waals surface area contributed by atoms with Gasteiger partial charge in [-0.1, -0.05) is 48.5 Å². The van der Waals surface area contributed by atoms with Crippen LogP contribution >= 0.6 is 12.2 Å². The minimum Gasteiger partial charge on any atom is -0.497 e. The van der Waals surface area contributed by atoms with E-state index in [1.807, 2.05) is 72.8 Å². The summed E-state index contributed by atoms with van der Waals surface area (Å²) >= 11 is 5.76. The molecule has 0 spiro atoms. The van der Waals surface area contributed by atoms with Gasteiger partial charge in [-0.2, -0.15) is 0 Å². The number of hydrogen-bond donors (Lipinski definition) is 1. The van der Waals surface area contributed by atoms with Crippen LogP contribution in [-0.4, -0.2) is 22.1 Å². The smallest absolute Gasteiger partial charge is 0.170 e. The third kappa shape index (κ3) is 3.97. The van der Waals surface area contributed by atoms with E-state index in [1.54, 1.807) is 13.3 Å². The number of aromatic nitrogens is 1. The Hall–Kier alpha value is -3.64. The molecule has 5 rings (SSSR count). The van der Waals surface area contributed by atoms with E-state index in [2.05, 4.69) is 27.3 Å². The van der Waals surface area contributed by atoms with Crippen LogP contribution in [0.5, 0.6) is 5.75 Å². The summed E-state index contributed by atoms with van der Waals surface area (Å²) in [4.78, 5) is 6.76. The highest BCUT2D eigenvalue weighted by Crippen LogP contribution is 2.41. The lowest BCUT2D eigenvalue weighted by Crippen LogP contribution is -2.29. The van der Waals surface area contributed by atoms with Gasteiger partial charge in [0.15, 0.2) is 5.11 Å². The molecular formula is C26H23N3O2S. The van der Waals surface area contributed by atoms with E-state index in [0.29, 0.717) is 11.7 Å². The molecule has 2 aromatic heterocycles. The molecule has 1 fully saturated rings. The van der Waals surface area contributed by atoms with Crippen molar-refractivity contribution < 1.29 is 9.15 Å². The molecule has 0 unspecified atom stereocenters. The van der Waals surface area contributed by atoms with Crippen LogP contribution in [0.2, 0.25) is 0 Å². The highest BCUT2D eigenvalue weighted by molar-refractivity contribution is 7.80. The second-order valence-electron chi connectivity index (χ2n) is 7.67. The van der Waals surface area contributed by atoms with Crippen molar-refractivity contribution in [2.45, 2.75) is 18.6 Å². The van der Waals surface area contributed by atoms with Gasteiger partial charge in [-0.25, -0.2) is 0 Å². The minimum absolute atomic E-state index is 0.114. The molecule has 0 radical (unpaired) electrons. The number of benzene rings is 2. The van der Waals surface area contributed by atoms with Crippen LogP contribution in [-0.2, 0) is 6.54 Å². The summed E-state index contributed by atoms with van der Waals surface area (Å²) in [5.74, 6) is 2.51. The SMILES string of the molecule is COc1ccc(CN2C(=S)N[C@H](c3ccccn3)[C@@H]2c2ccc(-c3ccccc3)o2)cc1. The molecule has 2 aromatic carbocycles. The van der Waals surface area contributed by atoms with Gasteiger partial charge in [-0.15, -0.1) is 0 Å². The second kappa shape index (κ2) is 8.85. The van der Waals surface area contributed by atoms with Crippen molar-refractivity contribution in [3.05, 3.63) is 108 Å². The summed E-state index contributed by atoms with van der Waals surface area (Å²) in [6.07, 6.45) is 1.81. The van der Waals surface area contributed by atoms with Crippen molar-refractivity contribution in [2.24, 2.45) is 0 Å². The predicted molar refractivity (Wildman–Crippen MR) is 128 cm³/mol. The van der Waals surface area contributed by atoms with Gasteiger partial charge in [0.05, 0.1) is 18.8 Å². The molecule has 4 aromatic rings. The molecule has 32 heavy (non-hydrogen) atoms. The number of nitrogens with one attached hydrogen (secondary N) is 1. The number of methoxy groups -OCH3 is 1. The Kier molecular flexibility index (Phi) is 5.60. The Labute approximate surface area is 192 Å². The van der Waals surface area contributed by atoms with Gasteiger partial charge in [0.1, 0.15) is 23.3 Å². The summed E-state index contributed by atoms with van der Waals surface area (Å²) < 4.78 is 11.7. The molecule has 3 heterocycles. The maximum Gasteiger partial charge on any atom is 0.170 e. The maximum absolute atomic E-state index is 6.37. The van der Waals surface area contributed by atoms with Gasteiger partial charge in [-0.05, 0) is 54.2 Å². The molecule has 5 nitrogen and oxygen atoms in total. The van der Waals surface area contributed by atoms with Crippen molar-refractivity contribution >= 4 is 17.3 Å². The number of furan rings is 1. The first-order chi connectivity index (χ1) is 15.7. The zero-order chi connectivity index (χ0) is 21.9. The molecule has 1 aliphatic rings. The summed E-state index contributed by atoms with van der Waals surface area (Å²) in [6.45, 7) is 0.644. The van der Waals surface area contributed by atoms with Gasteiger partial charge in [0, 0.05) is 18.3 Å². The Morgan fingerprint density at radius 1 is 0.969 bits per heavy atom. The van der Waals surface area contributed by atoms with Crippen LogP contribution in [0.3, 0.4) is 0 Å². The van der Waals surface area contributed by atoms with Crippen molar-refractivity contribution in [1.82, 2.24) is 15.2 Å². The Morgan fingerprint density at radius 2 is 1.75 bits per heavy atom. The average molecular weight is 442 g/mol. The minimum atomic E-state index is -0.128. The fraction of sp³-hybridized carbons (Fsp3) is 0.154. The first-order valence-electron chi connectivity index (χ1n) is 10.5. The van der Waals surface area contributed by atoms with Gasteiger partial charge in [-0.3, -0.25) is 4.98 Å². The van der Waals surface area contributed by atoms with E-state index >= 15 is 0 Å². The highest BCUT2D eigenvalue weighted by Gasteiger charge is 2.41. The van der Waals surface area contributed by atoms with Crippen LogP contribution in [0.1, 0.15) is 29.1 Å². The Morgan fingerprint density at radius 3 is 2.47 bits per heavy atom. The molecule has 6 heteroatoms. The lowest BCUT2D eigenvalue weighted by Gasteiger charge is -2.26. The third-order valence-electron chi connectivity index (χ3n) is 5.69. The number of nitrogens with zero attached hydrogens (tertiary/aromatic N) is 2. The zero-order valence-corrected chi connectivity index (χ0v) is 18.5. The highest BCUT2D eigenvalue weighted by atomic mass is 32.1. The van der Waals surface area contributed by atoms with E-state index in [0.717, 1.165) is 34.1 Å². The Bertz CT molecular complexity index is 1190. The van der Waals surface area contributed by atoms with E-state index < -0.39 is 0 Å². The quantitative estimate of drug-likeness (QED) is 0.398. The molecule has 0 saturated carbocycles. The summed E-state index contributed by atoms with van der Waals surface area (Å²) in [5, 5.41) is 4.15. The van der Waals surface area contributed by atoms with Crippen LogP contribution in [0.25, 0.3) is 11.3 Å². The lowest BCUT2D eigenvalue weighted by atomic mass is 10.0. The van der Waals surface area contributed by atoms with E-state index in [9.17, 15) is 0 Å². The Balaban J connectivity index is 1.51. The molecule has 0 bridgehead atoms. The lowest BCUT2D eigenvalue weighted by molar-refractivity contribution is 0.269. The van der Waals surface area contributed by atoms with Gasteiger partial charge in [0.2, 0.25) is 0 Å². The molecule has 2 atom stereocenters. The molecular weight excluding hydrogens is 418 g/mol. The molecule has 0 amide bonds. The first-order valence-corrected chi connectivity index (χ1v) is 10.9. The monoisotopic (exact) mass is 441 g/mol.